The maximum Gasteiger partial charge on any atom is 0.297 e. The summed E-state index contributed by atoms with van der Waals surface area (Å²) in [5.74, 6) is 0.335. The van der Waals surface area contributed by atoms with Gasteiger partial charge in [0, 0.05) is 11.0 Å². The van der Waals surface area contributed by atoms with Crippen molar-refractivity contribution >= 4 is 22.0 Å². The average Bonchev–Trinajstić information content (AvgIpc) is 2.82. The van der Waals surface area contributed by atoms with Gasteiger partial charge in [0.05, 0.1) is 7.11 Å². The van der Waals surface area contributed by atoms with Crippen LogP contribution in [0, 0.1) is 16.7 Å². The van der Waals surface area contributed by atoms with Gasteiger partial charge in [-0.3, -0.25) is 8.98 Å². The van der Waals surface area contributed by atoms with Crippen LogP contribution in [0.25, 0.3) is 6.08 Å². The summed E-state index contributed by atoms with van der Waals surface area (Å²) in [6.45, 7) is 6.32. The number of fused-ring (bicyclic) bond motifs is 2. The molecule has 2 unspecified atom stereocenters. The molecule has 2 atom stereocenters. The minimum absolute atomic E-state index is 0.0923. The normalized spacial score (nSPS) is 31.0. The molecule has 23 heavy (non-hydrogen) atoms. The Labute approximate surface area is 137 Å². The molecule has 0 saturated heterocycles. The third kappa shape index (κ3) is 2.13. The number of carbonyl (C=O) groups excluding carboxylic acids is 1. The Hall–Kier alpha value is -1.46. The Morgan fingerprint density at radius 2 is 1.87 bits per heavy atom. The predicted octanol–water partition coefficient (Wildman–Crippen LogP) is 3.43. The summed E-state index contributed by atoms with van der Waals surface area (Å²) in [6, 6.07) is 6.65. The molecule has 2 aliphatic rings. The van der Waals surface area contributed by atoms with E-state index in [1.165, 1.54) is 6.07 Å². The van der Waals surface area contributed by atoms with Crippen LogP contribution in [-0.4, -0.2) is 21.3 Å². The van der Waals surface area contributed by atoms with Crippen LogP contribution in [0.4, 0.5) is 0 Å². The highest BCUT2D eigenvalue weighted by Crippen LogP contribution is 2.65. The quantitative estimate of drug-likeness (QED) is 0.627. The first-order chi connectivity index (χ1) is 10.6. The predicted molar refractivity (Wildman–Crippen MR) is 88.2 cm³/mol. The van der Waals surface area contributed by atoms with Crippen molar-refractivity contribution in [1.82, 2.24) is 0 Å². The SMILES string of the molecule is COS(=O)(=O)c1ccccc1C=C1C(=O)C2(C)CCC1C2(C)C. The van der Waals surface area contributed by atoms with Gasteiger partial charge in [-0.1, -0.05) is 39.0 Å². The highest BCUT2D eigenvalue weighted by Gasteiger charge is 2.63. The highest BCUT2D eigenvalue weighted by molar-refractivity contribution is 7.86. The molecule has 2 fully saturated rings. The molecule has 0 amide bonds. The molecule has 1 aromatic rings. The summed E-state index contributed by atoms with van der Waals surface area (Å²) < 4.78 is 28.8. The van der Waals surface area contributed by atoms with E-state index in [9.17, 15) is 13.2 Å². The summed E-state index contributed by atoms with van der Waals surface area (Å²) in [4.78, 5) is 13.0. The van der Waals surface area contributed by atoms with Crippen molar-refractivity contribution in [3.05, 3.63) is 35.4 Å². The Kier molecular flexibility index (Phi) is 3.58. The molecule has 0 radical (unpaired) electrons. The lowest BCUT2D eigenvalue weighted by atomic mass is 9.70. The maximum absolute atomic E-state index is 12.9. The summed E-state index contributed by atoms with van der Waals surface area (Å²) in [5.41, 5.74) is 0.830. The zero-order valence-corrected chi connectivity index (χ0v) is 14.7. The van der Waals surface area contributed by atoms with Crippen molar-refractivity contribution in [2.45, 2.75) is 38.5 Å². The zero-order chi connectivity index (χ0) is 17.0. The van der Waals surface area contributed by atoms with Gasteiger partial charge in [-0.2, -0.15) is 8.42 Å². The summed E-state index contributed by atoms with van der Waals surface area (Å²) >= 11 is 0. The van der Waals surface area contributed by atoms with Gasteiger partial charge in [-0.05, 0) is 41.9 Å². The van der Waals surface area contributed by atoms with Gasteiger partial charge in [0.25, 0.3) is 10.1 Å². The monoisotopic (exact) mass is 334 g/mol. The first-order valence-electron chi connectivity index (χ1n) is 7.81. The Morgan fingerprint density at radius 1 is 1.22 bits per heavy atom. The van der Waals surface area contributed by atoms with Crippen LogP contribution in [0.1, 0.15) is 39.2 Å². The molecule has 0 heterocycles. The minimum Gasteiger partial charge on any atom is -0.294 e. The van der Waals surface area contributed by atoms with Crippen molar-refractivity contribution < 1.29 is 17.4 Å². The van der Waals surface area contributed by atoms with Gasteiger partial charge >= 0.3 is 0 Å². The molecule has 124 valence electrons. The second-order valence-electron chi connectivity index (χ2n) is 7.23. The van der Waals surface area contributed by atoms with Crippen molar-refractivity contribution in [1.29, 1.82) is 0 Å². The number of benzene rings is 1. The lowest BCUT2D eigenvalue weighted by Gasteiger charge is -2.31. The standard InChI is InChI=1S/C18H22O4S/c1-17(2)14-9-10-18(17,3)16(19)13(14)11-12-7-5-6-8-15(12)23(20,21)22-4/h5-8,11,14H,9-10H2,1-4H3. The number of Topliss-reactive ketones (excluding diaryl/α,β-unsaturated/α-hetero) is 1. The van der Waals surface area contributed by atoms with Gasteiger partial charge in [0.15, 0.2) is 5.78 Å². The summed E-state index contributed by atoms with van der Waals surface area (Å²) in [7, 11) is -2.66. The molecule has 5 heteroatoms. The van der Waals surface area contributed by atoms with E-state index in [2.05, 4.69) is 18.0 Å². The van der Waals surface area contributed by atoms with Crippen molar-refractivity contribution in [3.8, 4) is 0 Å². The Balaban J connectivity index is 2.14. The molecule has 2 saturated carbocycles. The van der Waals surface area contributed by atoms with Crippen LogP contribution in [0.3, 0.4) is 0 Å². The second kappa shape index (κ2) is 5.02. The molecule has 0 aromatic heterocycles. The number of allylic oxidation sites excluding steroid dienone is 1. The largest absolute Gasteiger partial charge is 0.297 e. The molecule has 0 spiro atoms. The molecule has 2 bridgehead atoms. The molecule has 1 aromatic carbocycles. The van der Waals surface area contributed by atoms with Crippen LogP contribution >= 0.6 is 0 Å². The number of hydrogen-bond donors (Lipinski definition) is 0. The van der Waals surface area contributed by atoms with Gasteiger partial charge in [0.1, 0.15) is 4.90 Å². The third-order valence-corrected chi connectivity index (χ3v) is 7.43. The lowest BCUT2D eigenvalue weighted by molar-refractivity contribution is -0.125. The topological polar surface area (TPSA) is 60.4 Å². The van der Waals surface area contributed by atoms with E-state index in [-0.39, 0.29) is 27.4 Å². The fourth-order valence-electron chi connectivity index (χ4n) is 4.18. The van der Waals surface area contributed by atoms with Crippen LogP contribution < -0.4 is 0 Å². The van der Waals surface area contributed by atoms with E-state index in [1.54, 1.807) is 24.3 Å². The van der Waals surface area contributed by atoms with Gasteiger partial charge < -0.3 is 0 Å². The molecular formula is C18H22O4S. The van der Waals surface area contributed by atoms with Gasteiger partial charge in [-0.15, -0.1) is 0 Å². The first kappa shape index (κ1) is 16.4. The summed E-state index contributed by atoms with van der Waals surface area (Å²) in [6.07, 6.45) is 3.63. The number of carbonyl (C=O) groups is 1. The zero-order valence-electron chi connectivity index (χ0n) is 13.9. The first-order valence-corrected chi connectivity index (χ1v) is 9.22. The van der Waals surface area contributed by atoms with Gasteiger partial charge in [0.2, 0.25) is 0 Å². The number of ketones is 1. The average molecular weight is 334 g/mol. The minimum atomic E-state index is -3.80. The maximum atomic E-state index is 12.9. The van der Waals surface area contributed by atoms with E-state index in [0.29, 0.717) is 5.56 Å². The van der Waals surface area contributed by atoms with E-state index in [1.807, 2.05) is 6.92 Å². The fraction of sp³-hybridized carbons (Fsp3) is 0.500. The second-order valence-corrected chi connectivity index (χ2v) is 8.91. The van der Waals surface area contributed by atoms with Crippen LogP contribution in [0.15, 0.2) is 34.7 Å². The van der Waals surface area contributed by atoms with Crippen LogP contribution in [-0.2, 0) is 19.1 Å². The van der Waals surface area contributed by atoms with E-state index in [4.69, 9.17) is 0 Å². The van der Waals surface area contributed by atoms with Crippen LogP contribution in [0.5, 0.6) is 0 Å². The number of hydrogen-bond acceptors (Lipinski definition) is 4. The summed E-state index contributed by atoms with van der Waals surface area (Å²) in [5, 5.41) is 0. The van der Waals surface area contributed by atoms with E-state index in [0.717, 1.165) is 25.5 Å². The van der Waals surface area contributed by atoms with Gasteiger partial charge in [-0.25, -0.2) is 0 Å². The molecule has 0 N–H and O–H groups in total. The van der Waals surface area contributed by atoms with E-state index < -0.39 is 10.1 Å². The highest BCUT2D eigenvalue weighted by atomic mass is 32.2. The van der Waals surface area contributed by atoms with Crippen LogP contribution in [0.2, 0.25) is 0 Å². The molecule has 3 rings (SSSR count). The smallest absolute Gasteiger partial charge is 0.294 e. The lowest BCUT2D eigenvalue weighted by Crippen LogP contribution is -2.32. The molecular weight excluding hydrogens is 312 g/mol. The van der Waals surface area contributed by atoms with Crippen molar-refractivity contribution in [3.63, 3.8) is 0 Å². The Bertz CT molecular complexity index is 804. The Morgan fingerprint density at radius 3 is 2.43 bits per heavy atom. The van der Waals surface area contributed by atoms with E-state index >= 15 is 0 Å². The third-order valence-electron chi connectivity index (χ3n) is 6.08. The van der Waals surface area contributed by atoms with Crippen molar-refractivity contribution in [2.75, 3.05) is 7.11 Å². The van der Waals surface area contributed by atoms with Crippen molar-refractivity contribution in [2.24, 2.45) is 16.7 Å². The fourth-order valence-corrected chi connectivity index (χ4v) is 5.02. The number of rotatable bonds is 3. The molecule has 0 aliphatic heterocycles. The molecule has 2 aliphatic carbocycles. The molecule has 4 nitrogen and oxygen atoms in total.